The molecule has 3 heterocycles. The smallest absolute Gasteiger partial charge is 0.410 e. The zero-order valence-corrected chi connectivity index (χ0v) is 23.5. The highest BCUT2D eigenvalue weighted by Crippen LogP contribution is 2.48. The van der Waals surface area contributed by atoms with E-state index >= 15 is 0 Å². The number of amides is 2. The minimum Gasteiger partial charge on any atom is -0.450 e. The number of fused-ring (bicyclic) bond motifs is 2. The van der Waals surface area contributed by atoms with Gasteiger partial charge in [0.05, 0.1) is 28.8 Å². The van der Waals surface area contributed by atoms with Crippen LogP contribution in [0.15, 0.2) is 48.5 Å². The summed E-state index contributed by atoms with van der Waals surface area (Å²) < 4.78 is 6.37. The van der Waals surface area contributed by atoms with E-state index in [1.165, 1.54) is 0 Å². The lowest BCUT2D eigenvalue weighted by Gasteiger charge is -2.28. The Bertz CT molecular complexity index is 1470. The van der Waals surface area contributed by atoms with Gasteiger partial charge in [-0.2, -0.15) is 0 Å². The van der Waals surface area contributed by atoms with Crippen LogP contribution in [0.2, 0.25) is 5.02 Å². The molecule has 2 aromatic carbocycles. The minimum absolute atomic E-state index is 0.0144. The Morgan fingerprint density at radius 1 is 1.11 bits per heavy atom. The van der Waals surface area contributed by atoms with Crippen molar-refractivity contribution in [2.75, 3.05) is 18.5 Å². The molecule has 1 saturated carbocycles. The molecule has 38 heavy (non-hydrogen) atoms. The van der Waals surface area contributed by atoms with Crippen LogP contribution in [0.1, 0.15) is 48.6 Å². The molecule has 6 nitrogen and oxygen atoms in total. The molecule has 2 aliphatic rings. The van der Waals surface area contributed by atoms with Crippen LogP contribution in [-0.2, 0) is 27.9 Å². The van der Waals surface area contributed by atoms with Gasteiger partial charge in [0.15, 0.2) is 0 Å². The molecule has 1 aliphatic heterocycles. The fourth-order valence-corrected chi connectivity index (χ4v) is 8.18. The zero-order chi connectivity index (χ0) is 26.3. The topological polar surface area (TPSA) is 71.5 Å². The lowest BCUT2D eigenvalue weighted by molar-refractivity contribution is -0.121. The van der Waals surface area contributed by atoms with Gasteiger partial charge in [-0.1, -0.05) is 48.7 Å². The number of carbonyl (C=O) groups excluding carboxylic acids is 2. The summed E-state index contributed by atoms with van der Waals surface area (Å²) in [5.41, 5.74) is 3.52. The Balaban J connectivity index is 1.41. The van der Waals surface area contributed by atoms with Crippen LogP contribution in [0.4, 0.5) is 9.80 Å². The summed E-state index contributed by atoms with van der Waals surface area (Å²) in [6.07, 6.45) is 4.02. The largest absolute Gasteiger partial charge is 0.450 e. The Hall–Kier alpha value is -2.94. The molecule has 1 aliphatic carbocycles. The van der Waals surface area contributed by atoms with Crippen LogP contribution < -0.4 is 5.32 Å². The van der Waals surface area contributed by atoms with E-state index in [1.54, 1.807) is 27.6 Å². The van der Waals surface area contributed by atoms with Crippen LogP contribution in [-0.4, -0.2) is 35.0 Å². The zero-order valence-electron chi connectivity index (χ0n) is 21.1. The van der Waals surface area contributed by atoms with Crippen molar-refractivity contribution in [2.24, 2.45) is 0 Å². The van der Waals surface area contributed by atoms with Crippen LogP contribution in [0.25, 0.3) is 20.8 Å². The highest BCUT2D eigenvalue weighted by atomic mass is 35.5. The predicted molar refractivity (Wildman–Crippen MR) is 154 cm³/mol. The summed E-state index contributed by atoms with van der Waals surface area (Å²) in [5.74, 6) is 0.0144. The quantitative estimate of drug-likeness (QED) is 0.270. The minimum atomic E-state index is -0.586. The number of benzene rings is 2. The van der Waals surface area contributed by atoms with Crippen molar-refractivity contribution in [3.05, 3.63) is 69.6 Å². The van der Waals surface area contributed by atoms with Gasteiger partial charge < -0.3 is 15.0 Å². The third-order valence-electron chi connectivity index (χ3n) is 7.61. The molecule has 196 valence electrons. The Labute approximate surface area is 234 Å². The van der Waals surface area contributed by atoms with Crippen molar-refractivity contribution >= 4 is 61.5 Å². The molecule has 6 rings (SSSR count). The summed E-state index contributed by atoms with van der Waals surface area (Å²) in [6.45, 7) is 3.20. The van der Waals surface area contributed by atoms with Crippen molar-refractivity contribution in [1.29, 1.82) is 0 Å². The first kappa shape index (κ1) is 25.3. The SMILES string of the molecule is CCOC(=O)N1CCc2c(sc(NC(=O)C3(c4ccc(Cl)cc4)CCCC3)c2-c2nc3ccccc3s2)C1. The summed E-state index contributed by atoms with van der Waals surface area (Å²) in [6, 6.07) is 15.8. The first-order valence-corrected chi connectivity index (χ1v) is 15.0. The Kier molecular flexibility index (Phi) is 6.88. The van der Waals surface area contributed by atoms with Crippen LogP contribution in [0, 0.1) is 0 Å². The maximum Gasteiger partial charge on any atom is 0.410 e. The lowest BCUT2D eigenvalue weighted by Crippen LogP contribution is -2.37. The molecule has 0 atom stereocenters. The number of hydrogen-bond donors (Lipinski definition) is 1. The van der Waals surface area contributed by atoms with Gasteiger partial charge in [-0.15, -0.1) is 22.7 Å². The Morgan fingerprint density at radius 2 is 1.87 bits per heavy atom. The van der Waals surface area contributed by atoms with Gasteiger partial charge in [0.25, 0.3) is 0 Å². The van der Waals surface area contributed by atoms with Crippen molar-refractivity contribution in [3.63, 3.8) is 0 Å². The number of nitrogens with one attached hydrogen (secondary N) is 1. The highest BCUT2D eigenvalue weighted by molar-refractivity contribution is 7.23. The van der Waals surface area contributed by atoms with Crippen molar-refractivity contribution in [3.8, 4) is 10.6 Å². The third-order valence-corrected chi connectivity index (χ3v) is 10.0. The van der Waals surface area contributed by atoms with E-state index in [1.807, 2.05) is 49.4 Å². The fraction of sp³-hybridized carbons (Fsp3) is 0.345. The van der Waals surface area contributed by atoms with Crippen molar-refractivity contribution < 1.29 is 14.3 Å². The van der Waals surface area contributed by atoms with Crippen LogP contribution >= 0.6 is 34.3 Å². The van der Waals surface area contributed by atoms with Crippen molar-refractivity contribution in [2.45, 2.75) is 51.0 Å². The molecule has 2 amide bonds. The molecule has 1 N–H and O–H groups in total. The second kappa shape index (κ2) is 10.3. The summed E-state index contributed by atoms with van der Waals surface area (Å²) >= 11 is 9.36. The number of carbonyl (C=O) groups is 2. The standard InChI is InChI=1S/C29H28ClN3O3S2/c1-2-36-28(35)33-16-13-20-23(17-33)38-26(24(20)25-31-21-7-3-4-8-22(21)37-25)32-27(34)29(14-5-6-15-29)18-9-11-19(30)12-10-18/h3-4,7-12H,2,5-6,13-17H2,1H3,(H,32,34). The van der Waals surface area contributed by atoms with E-state index in [2.05, 4.69) is 11.4 Å². The van der Waals surface area contributed by atoms with Gasteiger partial charge in [-0.25, -0.2) is 9.78 Å². The molecule has 0 unspecified atom stereocenters. The number of nitrogens with zero attached hydrogens (tertiary/aromatic N) is 2. The van der Waals surface area contributed by atoms with Gasteiger partial charge >= 0.3 is 6.09 Å². The van der Waals surface area contributed by atoms with Gasteiger partial charge in [-0.3, -0.25) is 4.79 Å². The molecule has 4 aromatic rings. The van der Waals surface area contributed by atoms with E-state index < -0.39 is 5.41 Å². The molecule has 0 bridgehead atoms. The monoisotopic (exact) mass is 565 g/mol. The first-order chi connectivity index (χ1) is 18.5. The number of aromatic nitrogens is 1. The lowest BCUT2D eigenvalue weighted by atomic mass is 9.78. The van der Waals surface area contributed by atoms with E-state index in [4.69, 9.17) is 21.3 Å². The maximum absolute atomic E-state index is 14.1. The number of hydrogen-bond acceptors (Lipinski definition) is 6. The average Bonchev–Trinajstić information content (AvgIpc) is 3.65. The molecule has 0 spiro atoms. The normalized spacial score (nSPS) is 16.4. The third kappa shape index (κ3) is 4.48. The number of halogens is 1. The predicted octanol–water partition coefficient (Wildman–Crippen LogP) is 7.64. The fourth-order valence-electron chi connectivity index (χ4n) is 5.68. The summed E-state index contributed by atoms with van der Waals surface area (Å²) in [5, 5.41) is 5.73. The van der Waals surface area contributed by atoms with Crippen LogP contribution in [0.5, 0.6) is 0 Å². The van der Waals surface area contributed by atoms with Gasteiger partial charge in [0.1, 0.15) is 10.0 Å². The van der Waals surface area contributed by atoms with Gasteiger partial charge in [0, 0.05) is 22.0 Å². The molecule has 0 radical (unpaired) electrons. The Morgan fingerprint density at radius 3 is 2.61 bits per heavy atom. The van der Waals surface area contributed by atoms with Gasteiger partial charge in [0.2, 0.25) is 5.91 Å². The van der Waals surface area contributed by atoms with E-state index in [9.17, 15) is 9.59 Å². The number of ether oxygens (including phenoxy) is 1. The molecular weight excluding hydrogens is 538 g/mol. The molecule has 1 fully saturated rings. The number of anilines is 1. The summed E-state index contributed by atoms with van der Waals surface area (Å²) in [7, 11) is 0. The number of para-hydroxylation sites is 1. The molecular formula is C29H28ClN3O3S2. The van der Waals surface area contributed by atoms with Crippen LogP contribution in [0.3, 0.4) is 0 Å². The second-order valence-electron chi connectivity index (χ2n) is 9.82. The number of thiophene rings is 1. The van der Waals surface area contributed by atoms with E-state index in [0.29, 0.717) is 31.1 Å². The van der Waals surface area contributed by atoms with Crippen molar-refractivity contribution in [1.82, 2.24) is 9.88 Å². The highest BCUT2D eigenvalue weighted by Gasteiger charge is 2.43. The molecule has 9 heteroatoms. The van der Waals surface area contributed by atoms with E-state index in [0.717, 1.165) is 67.5 Å². The number of thiazole rings is 1. The molecule has 2 aromatic heterocycles. The maximum atomic E-state index is 14.1. The number of rotatable bonds is 5. The average molecular weight is 566 g/mol. The first-order valence-electron chi connectivity index (χ1n) is 13.0. The second-order valence-corrected chi connectivity index (χ2v) is 12.4. The summed E-state index contributed by atoms with van der Waals surface area (Å²) in [4.78, 5) is 34.4. The molecule has 0 saturated heterocycles. The van der Waals surface area contributed by atoms with Gasteiger partial charge in [-0.05, 0) is 61.6 Å². The van der Waals surface area contributed by atoms with E-state index in [-0.39, 0.29) is 12.0 Å².